The summed E-state index contributed by atoms with van der Waals surface area (Å²) in [4.78, 5) is 4.28. The van der Waals surface area contributed by atoms with Gasteiger partial charge in [-0.3, -0.25) is 0 Å². The first kappa shape index (κ1) is 36.1. The van der Waals surface area contributed by atoms with Crippen molar-refractivity contribution in [1.29, 1.82) is 0 Å². The molecule has 4 heteroatoms. The standard InChI is InChI=1S/C54H38F2N2/c55-47-22-34-53(35-23-47)57(49-26-14-41(15-27-49)39-8-3-1-4-9-39)51-30-18-43(19-31-51)45-12-7-13-46(38-45)44-20-32-52(33-21-44)58(54-36-24-48(56)25-37-54)50-28-16-42(17-29-50)40-10-5-2-6-11-40/h1-38H. The van der Waals surface area contributed by atoms with E-state index in [2.05, 4.69) is 155 Å². The van der Waals surface area contributed by atoms with Gasteiger partial charge in [-0.1, -0.05) is 127 Å². The third kappa shape index (κ3) is 7.77. The minimum absolute atomic E-state index is 0.271. The Morgan fingerprint density at radius 2 is 0.431 bits per heavy atom. The number of rotatable bonds is 10. The van der Waals surface area contributed by atoms with Crippen LogP contribution >= 0.6 is 0 Å². The van der Waals surface area contributed by atoms with E-state index < -0.39 is 0 Å². The van der Waals surface area contributed by atoms with Gasteiger partial charge in [0, 0.05) is 34.1 Å². The summed E-state index contributed by atoms with van der Waals surface area (Å²) in [5, 5.41) is 0. The molecule has 0 radical (unpaired) electrons. The molecule has 0 atom stereocenters. The van der Waals surface area contributed by atoms with Crippen LogP contribution < -0.4 is 9.80 Å². The van der Waals surface area contributed by atoms with Crippen molar-refractivity contribution >= 4 is 34.1 Å². The van der Waals surface area contributed by atoms with Gasteiger partial charge in [-0.05, 0) is 148 Å². The van der Waals surface area contributed by atoms with Gasteiger partial charge in [0.25, 0.3) is 0 Å². The summed E-state index contributed by atoms with van der Waals surface area (Å²) in [6.07, 6.45) is 0. The lowest BCUT2D eigenvalue weighted by Gasteiger charge is -2.26. The van der Waals surface area contributed by atoms with Gasteiger partial charge in [0.1, 0.15) is 11.6 Å². The van der Waals surface area contributed by atoms with E-state index in [4.69, 9.17) is 0 Å². The zero-order valence-corrected chi connectivity index (χ0v) is 31.6. The molecule has 0 fully saturated rings. The quantitative estimate of drug-likeness (QED) is 0.137. The van der Waals surface area contributed by atoms with Crippen LogP contribution in [-0.4, -0.2) is 0 Å². The molecule has 58 heavy (non-hydrogen) atoms. The maximum absolute atomic E-state index is 14.0. The fourth-order valence-electron chi connectivity index (χ4n) is 7.43. The SMILES string of the molecule is Fc1ccc(N(c2ccc(-c3ccccc3)cc2)c2ccc(-c3cccc(-c4ccc(N(c5ccc(F)cc5)c5ccc(-c6ccccc6)cc5)cc4)c3)cc2)cc1. The summed E-state index contributed by atoms with van der Waals surface area (Å²) in [6, 6.07) is 76.3. The topological polar surface area (TPSA) is 6.48 Å². The van der Waals surface area contributed by atoms with Crippen molar-refractivity contribution in [2.75, 3.05) is 9.80 Å². The fraction of sp³-hybridized carbons (Fsp3) is 0. The summed E-state index contributed by atoms with van der Waals surface area (Å²) in [5.74, 6) is -0.543. The molecule has 0 saturated carbocycles. The van der Waals surface area contributed by atoms with E-state index in [0.717, 1.165) is 78.6 Å². The maximum Gasteiger partial charge on any atom is 0.123 e. The van der Waals surface area contributed by atoms with E-state index in [-0.39, 0.29) is 11.6 Å². The van der Waals surface area contributed by atoms with Crippen LogP contribution in [0.1, 0.15) is 0 Å². The predicted octanol–water partition coefficient (Wildman–Crippen LogP) is 15.6. The lowest BCUT2D eigenvalue weighted by atomic mass is 9.98. The molecule has 278 valence electrons. The van der Waals surface area contributed by atoms with Crippen molar-refractivity contribution in [3.8, 4) is 44.5 Å². The van der Waals surface area contributed by atoms with Crippen molar-refractivity contribution in [1.82, 2.24) is 0 Å². The Bertz CT molecular complexity index is 2540. The predicted molar refractivity (Wildman–Crippen MR) is 237 cm³/mol. The highest BCUT2D eigenvalue weighted by Crippen LogP contribution is 2.39. The van der Waals surface area contributed by atoms with Crippen LogP contribution in [0, 0.1) is 11.6 Å². The van der Waals surface area contributed by atoms with Gasteiger partial charge in [0.2, 0.25) is 0 Å². The van der Waals surface area contributed by atoms with E-state index in [9.17, 15) is 8.78 Å². The molecule has 0 aliphatic carbocycles. The summed E-state index contributed by atoms with van der Waals surface area (Å²) in [6.45, 7) is 0. The summed E-state index contributed by atoms with van der Waals surface area (Å²) < 4.78 is 28.1. The zero-order chi connectivity index (χ0) is 39.3. The molecule has 0 bridgehead atoms. The van der Waals surface area contributed by atoms with E-state index in [1.54, 1.807) is 0 Å². The zero-order valence-electron chi connectivity index (χ0n) is 31.6. The highest BCUT2D eigenvalue weighted by Gasteiger charge is 2.16. The Balaban J connectivity index is 0.987. The van der Waals surface area contributed by atoms with Crippen LogP contribution in [0.2, 0.25) is 0 Å². The van der Waals surface area contributed by atoms with Gasteiger partial charge in [-0.2, -0.15) is 0 Å². The molecule has 0 amide bonds. The molecule has 2 nitrogen and oxygen atoms in total. The van der Waals surface area contributed by atoms with Gasteiger partial charge < -0.3 is 9.80 Å². The van der Waals surface area contributed by atoms with Crippen LogP contribution in [-0.2, 0) is 0 Å². The smallest absolute Gasteiger partial charge is 0.123 e. The summed E-state index contributed by atoms with van der Waals surface area (Å²) >= 11 is 0. The van der Waals surface area contributed by atoms with Crippen molar-refractivity contribution < 1.29 is 8.78 Å². The average molecular weight is 753 g/mol. The van der Waals surface area contributed by atoms with Crippen LogP contribution in [0.15, 0.2) is 231 Å². The lowest BCUT2D eigenvalue weighted by molar-refractivity contribution is 0.627. The number of hydrogen-bond acceptors (Lipinski definition) is 2. The molecule has 0 aromatic heterocycles. The number of nitrogens with zero attached hydrogens (tertiary/aromatic N) is 2. The number of halogens is 2. The normalized spacial score (nSPS) is 10.9. The molecule has 9 rings (SSSR count). The van der Waals surface area contributed by atoms with Crippen molar-refractivity contribution in [3.05, 3.63) is 242 Å². The van der Waals surface area contributed by atoms with E-state index in [0.29, 0.717) is 0 Å². The van der Waals surface area contributed by atoms with Gasteiger partial charge in [0.05, 0.1) is 0 Å². The molecule has 9 aromatic rings. The highest BCUT2D eigenvalue weighted by atomic mass is 19.1. The monoisotopic (exact) mass is 752 g/mol. The minimum atomic E-state index is -0.271. The number of benzene rings is 9. The third-order valence-corrected chi connectivity index (χ3v) is 10.4. The Kier molecular flexibility index (Phi) is 10.1. The van der Waals surface area contributed by atoms with Crippen LogP contribution in [0.25, 0.3) is 44.5 Å². The molecule has 0 unspecified atom stereocenters. The highest BCUT2D eigenvalue weighted by molar-refractivity contribution is 5.83. The van der Waals surface area contributed by atoms with Crippen LogP contribution in [0.3, 0.4) is 0 Å². The molecule has 0 heterocycles. The molecule has 0 spiro atoms. The second kappa shape index (κ2) is 16.3. The molecule has 0 saturated heterocycles. The van der Waals surface area contributed by atoms with Crippen molar-refractivity contribution in [2.24, 2.45) is 0 Å². The first-order valence-electron chi connectivity index (χ1n) is 19.3. The fourth-order valence-corrected chi connectivity index (χ4v) is 7.43. The van der Waals surface area contributed by atoms with E-state index in [1.165, 1.54) is 24.3 Å². The Labute approximate surface area is 338 Å². The average Bonchev–Trinajstić information content (AvgIpc) is 3.29. The molecule has 0 N–H and O–H groups in total. The van der Waals surface area contributed by atoms with Gasteiger partial charge in [-0.15, -0.1) is 0 Å². The first-order chi connectivity index (χ1) is 28.6. The van der Waals surface area contributed by atoms with Crippen molar-refractivity contribution in [2.45, 2.75) is 0 Å². The Hall–Kier alpha value is -7.56. The van der Waals surface area contributed by atoms with Gasteiger partial charge in [-0.25, -0.2) is 8.78 Å². The molecule has 0 aliphatic heterocycles. The second-order valence-electron chi connectivity index (χ2n) is 14.1. The van der Waals surface area contributed by atoms with Crippen LogP contribution in [0.5, 0.6) is 0 Å². The Morgan fingerprint density at radius 1 is 0.207 bits per heavy atom. The Morgan fingerprint density at radius 3 is 0.724 bits per heavy atom. The second-order valence-corrected chi connectivity index (χ2v) is 14.1. The van der Waals surface area contributed by atoms with Crippen LogP contribution in [0.4, 0.5) is 42.9 Å². The number of anilines is 6. The lowest BCUT2D eigenvalue weighted by Crippen LogP contribution is -2.09. The minimum Gasteiger partial charge on any atom is -0.311 e. The van der Waals surface area contributed by atoms with Crippen molar-refractivity contribution in [3.63, 3.8) is 0 Å². The molecule has 9 aromatic carbocycles. The molecular formula is C54H38F2N2. The van der Waals surface area contributed by atoms with E-state index >= 15 is 0 Å². The number of hydrogen-bond donors (Lipinski definition) is 0. The first-order valence-corrected chi connectivity index (χ1v) is 19.3. The largest absolute Gasteiger partial charge is 0.311 e. The molecular weight excluding hydrogens is 715 g/mol. The molecule has 0 aliphatic rings. The summed E-state index contributed by atoms with van der Waals surface area (Å²) in [5.41, 5.74) is 14.6. The maximum atomic E-state index is 14.0. The summed E-state index contributed by atoms with van der Waals surface area (Å²) in [7, 11) is 0. The van der Waals surface area contributed by atoms with E-state index in [1.807, 2.05) is 60.7 Å². The van der Waals surface area contributed by atoms with Gasteiger partial charge in [0.15, 0.2) is 0 Å². The third-order valence-electron chi connectivity index (χ3n) is 10.4. The van der Waals surface area contributed by atoms with Gasteiger partial charge >= 0.3 is 0 Å².